The molecule has 0 spiro atoms. The molecule has 0 saturated carbocycles. The molecule has 1 unspecified atom stereocenters. The number of aromatic nitrogens is 3. The van der Waals surface area contributed by atoms with Gasteiger partial charge >= 0.3 is 0 Å². The number of halogens is 2. The summed E-state index contributed by atoms with van der Waals surface area (Å²) in [6.45, 7) is 8.27. The molecule has 2 heterocycles. The first kappa shape index (κ1) is 13.8. The normalized spacial score (nSPS) is 19.0. The molecule has 5 nitrogen and oxygen atoms in total. The van der Waals surface area contributed by atoms with Crippen LogP contribution in [0.2, 0.25) is 10.6 Å². The van der Waals surface area contributed by atoms with E-state index >= 15 is 0 Å². The maximum absolute atomic E-state index is 5.79. The Morgan fingerprint density at radius 1 is 1.06 bits per heavy atom. The lowest BCUT2D eigenvalue weighted by atomic mass is 10.2. The zero-order chi connectivity index (χ0) is 13.1. The van der Waals surface area contributed by atoms with Crippen molar-refractivity contribution in [3.63, 3.8) is 0 Å². The summed E-state index contributed by atoms with van der Waals surface area (Å²) in [5, 5.41) is 0.295. The maximum atomic E-state index is 5.79. The summed E-state index contributed by atoms with van der Waals surface area (Å²) in [4.78, 5) is 16.6. The molecule has 2 rings (SSSR count). The minimum atomic E-state index is 0.148. The van der Waals surface area contributed by atoms with Crippen LogP contribution in [0.1, 0.15) is 20.3 Å². The zero-order valence-electron chi connectivity index (χ0n) is 10.6. The topological polar surface area (TPSA) is 45.2 Å². The second kappa shape index (κ2) is 5.99. The van der Waals surface area contributed by atoms with Crippen LogP contribution in [-0.4, -0.2) is 52.1 Å². The average Bonchev–Trinajstić information content (AvgIpc) is 2.37. The van der Waals surface area contributed by atoms with Crippen LogP contribution < -0.4 is 4.90 Å². The van der Waals surface area contributed by atoms with Gasteiger partial charge in [0.1, 0.15) is 0 Å². The van der Waals surface area contributed by atoms with Crippen LogP contribution in [0, 0.1) is 0 Å². The van der Waals surface area contributed by atoms with E-state index in [0.29, 0.717) is 12.0 Å². The molecule has 1 aromatic rings. The number of nitrogens with zero attached hydrogens (tertiary/aromatic N) is 5. The van der Waals surface area contributed by atoms with Crippen molar-refractivity contribution >= 4 is 29.2 Å². The van der Waals surface area contributed by atoms with Crippen LogP contribution in [0.15, 0.2) is 0 Å². The predicted molar refractivity (Wildman–Crippen MR) is 73.4 cm³/mol. The molecule has 7 heteroatoms. The molecule has 1 saturated heterocycles. The van der Waals surface area contributed by atoms with Gasteiger partial charge in [0.05, 0.1) is 0 Å². The zero-order valence-corrected chi connectivity index (χ0v) is 12.1. The van der Waals surface area contributed by atoms with Crippen LogP contribution >= 0.6 is 23.2 Å². The van der Waals surface area contributed by atoms with Gasteiger partial charge in [-0.05, 0) is 36.5 Å². The molecule has 1 aromatic heterocycles. The fraction of sp³-hybridized carbons (Fsp3) is 0.727. The Kier molecular flexibility index (Phi) is 4.59. The van der Waals surface area contributed by atoms with E-state index in [0.717, 1.165) is 26.2 Å². The maximum Gasteiger partial charge on any atom is 0.231 e. The molecular weight excluding hydrogens is 273 g/mol. The second-order valence-electron chi connectivity index (χ2n) is 4.45. The van der Waals surface area contributed by atoms with Gasteiger partial charge in [-0.15, -0.1) is 0 Å². The Hall–Kier alpha value is -0.650. The van der Waals surface area contributed by atoms with Crippen molar-refractivity contribution in [1.29, 1.82) is 0 Å². The summed E-state index contributed by atoms with van der Waals surface area (Å²) >= 11 is 11.6. The number of rotatable bonds is 3. The van der Waals surface area contributed by atoms with Crippen molar-refractivity contribution in [2.45, 2.75) is 26.3 Å². The Labute approximate surface area is 117 Å². The number of anilines is 1. The average molecular weight is 290 g/mol. The van der Waals surface area contributed by atoms with Crippen molar-refractivity contribution in [3.8, 4) is 0 Å². The summed E-state index contributed by atoms with van der Waals surface area (Å²) in [7, 11) is 0. The second-order valence-corrected chi connectivity index (χ2v) is 5.13. The van der Waals surface area contributed by atoms with Gasteiger partial charge in [-0.1, -0.05) is 6.92 Å². The third-order valence-corrected chi connectivity index (χ3v) is 3.72. The molecule has 18 heavy (non-hydrogen) atoms. The van der Waals surface area contributed by atoms with Crippen molar-refractivity contribution in [2.75, 3.05) is 31.1 Å². The van der Waals surface area contributed by atoms with E-state index in [1.807, 2.05) is 0 Å². The van der Waals surface area contributed by atoms with Gasteiger partial charge in [0.2, 0.25) is 16.5 Å². The number of piperazine rings is 1. The van der Waals surface area contributed by atoms with E-state index in [1.165, 1.54) is 6.42 Å². The first-order chi connectivity index (χ1) is 8.60. The molecule has 0 aromatic carbocycles. The fourth-order valence-electron chi connectivity index (χ4n) is 2.08. The predicted octanol–water partition coefficient (Wildman–Crippen LogP) is 2.10. The smallest absolute Gasteiger partial charge is 0.231 e. The van der Waals surface area contributed by atoms with E-state index in [-0.39, 0.29) is 10.6 Å². The molecule has 1 aliphatic rings. The Morgan fingerprint density at radius 2 is 1.61 bits per heavy atom. The lowest BCUT2D eigenvalue weighted by Crippen LogP contribution is -2.50. The number of hydrogen-bond acceptors (Lipinski definition) is 5. The highest BCUT2D eigenvalue weighted by Crippen LogP contribution is 2.17. The molecule has 1 aliphatic heterocycles. The Bertz CT molecular complexity index is 386. The van der Waals surface area contributed by atoms with Crippen LogP contribution in [0.3, 0.4) is 0 Å². The Morgan fingerprint density at radius 3 is 2.11 bits per heavy atom. The van der Waals surface area contributed by atoms with Crippen LogP contribution in [0.5, 0.6) is 0 Å². The highest BCUT2D eigenvalue weighted by molar-refractivity contribution is 6.31. The standard InChI is InChI=1S/C11H17Cl2N5/c1-3-8(2)17-4-6-18(7-5-17)11-15-9(12)14-10(13)16-11/h8H,3-7H2,1-2H3. The summed E-state index contributed by atoms with van der Waals surface area (Å²) in [6.07, 6.45) is 1.17. The van der Waals surface area contributed by atoms with E-state index in [9.17, 15) is 0 Å². The third kappa shape index (κ3) is 3.22. The molecule has 0 aliphatic carbocycles. The quantitative estimate of drug-likeness (QED) is 0.853. The molecule has 0 amide bonds. The van der Waals surface area contributed by atoms with Gasteiger partial charge in [0.15, 0.2) is 0 Å². The summed E-state index contributed by atoms with van der Waals surface area (Å²) in [6, 6.07) is 0.623. The van der Waals surface area contributed by atoms with Gasteiger partial charge in [0, 0.05) is 32.2 Å². The van der Waals surface area contributed by atoms with Crippen LogP contribution in [0.4, 0.5) is 5.95 Å². The lowest BCUT2D eigenvalue weighted by Gasteiger charge is -2.37. The molecule has 0 radical (unpaired) electrons. The summed E-state index contributed by atoms with van der Waals surface area (Å²) in [5.41, 5.74) is 0. The van der Waals surface area contributed by atoms with Crippen LogP contribution in [-0.2, 0) is 0 Å². The van der Waals surface area contributed by atoms with E-state index < -0.39 is 0 Å². The summed E-state index contributed by atoms with van der Waals surface area (Å²) < 4.78 is 0. The van der Waals surface area contributed by atoms with Crippen molar-refractivity contribution < 1.29 is 0 Å². The van der Waals surface area contributed by atoms with Gasteiger partial charge in [-0.2, -0.15) is 15.0 Å². The molecule has 1 atom stereocenters. The first-order valence-electron chi connectivity index (χ1n) is 6.16. The largest absolute Gasteiger partial charge is 0.338 e. The Balaban J connectivity index is 2.01. The van der Waals surface area contributed by atoms with Gasteiger partial charge < -0.3 is 4.90 Å². The van der Waals surface area contributed by atoms with Gasteiger partial charge in [0.25, 0.3) is 0 Å². The molecule has 0 bridgehead atoms. The van der Waals surface area contributed by atoms with E-state index in [4.69, 9.17) is 23.2 Å². The SMILES string of the molecule is CCC(C)N1CCN(c2nc(Cl)nc(Cl)n2)CC1. The first-order valence-corrected chi connectivity index (χ1v) is 6.91. The van der Waals surface area contributed by atoms with Gasteiger partial charge in [-0.3, -0.25) is 4.90 Å². The summed E-state index contributed by atoms with van der Waals surface area (Å²) in [5.74, 6) is 0.573. The van der Waals surface area contributed by atoms with Crippen molar-refractivity contribution in [3.05, 3.63) is 10.6 Å². The molecule has 1 fully saturated rings. The highest BCUT2D eigenvalue weighted by Gasteiger charge is 2.22. The lowest BCUT2D eigenvalue weighted by molar-refractivity contribution is 0.192. The number of hydrogen-bond donors (Lipinski definition) is 0. The van der Waals surface area contributed by atoms with Crippen LogP contribution in [0.25, 0.3) is 0 Å². The third-order valence-electron chi connectivity index (χ3n) is 3.38. The van der Waals surface area contributed by atoms with Crippen molar-refractivity contribution in [2.24, 2.45) is 0 Å². The molecular formula is C11H17Cl2N5. The fourth-order valence-corrected chi connectivity index (χ4v) is 2.43. The monoisotopic (exact) mass is 289 g/mol. The minimum Gasteiger partial charge on any atom is -0.338 e. The van der Waals surface area contributed by atoms with Crippen molar-refractivity contribution in [1.82, 2.24) is 19.9 Å². The van der Waals surface area contributed by atoms with E-state index in [2.05, 4.69) is 38.6 Å². The molecule has 0 N–H and O–H groups in total. The van der Waals surface area contributed by atoms with E-state index in [1.54, 1.807) is 0 Å². The van der Waals surface area contributed by atoms with Gasteiger partial charge in [-0.25, -0.2) is 0 Å². The highest BCUT2D eigenvalue weighted by atomic mass is 35.5. The minimum absolute atomic E-state index is 0.148. The molecule has 100 valence electrons.